The van der Waals surface area contributed by atoms with E-state index in [2.05, 4.69) is 10.6 Å². The topological polar surface area (TPSA) is 98.7 Å². The molecule has 2 amide bonds. The fourth-order valence-electron chi connectivity index (χ4n) is 5.17. The average Bonchev–Trinajstić information content (AvgIpc) is 3.42. The molecule has 0 radical (unpaired) electrons. The van der Waals surface area contributed by atoms with Gasteiger partial charge in [0.1, 0.15) is 5.78 Å². The van der Waals surface area contributed by atoms with Crippen LogP contribution in [0, 0.1) is 17.3 Å². The van der Waals surface area contributed by atoms with E-state index in [1.54, 1.807) is 0 Å². The van der Waals surface area contributed by atoms with E-state index in [0.717, 1.165) is 44.9 Å². The van der Waals surface area contributed by atoms with Crippen LogP contribution < -0.4 is 10.6 Å². The van der Waals surface area contributed by atoms with Crippen molar-refractivity contribution in [3.8, 4) is 0 Å². The van der Waals surface area contributed by atoms with Crippen molar-refractivity contribution >= 4 is 17.6 Å². The van der Waals surface area contributed by atoms with Crippen LogP contribution in [0.15, 0.2) is 0 Å². The number of fused-ring (bicyclic) bond motifs is 1. The lowest BCUT2D eigenvalue weighted by molar-refractivity contribution is -0.156. The summed E-state index contributed by atoms with van der Waals surface area (Å²) in [4.78, 5) is 40.9. The van der Waals surface area contributed by atoms with Gasteiger partial charge in [0, 0.05) is 31.0 Å². The Morgan fingerprint density at radius 2 is 1.81 bits per heavy atom. The minimum atomic E-state index is -1.51. The van der Waals surface area contributed by atoms with Crippen LogP contribution in [0.3, 0.4) is 0 Å². The number of carbonyl (C=O) groups excluding carboxylic acids is 3. The van der Waals surface area contributed by atoms with Crippen LogP contribution in [0.1, 0.15) is 85.5 Å². The molecule has 5 unspecified atom stereocenters. The van der Waals surface area contributed by atoms with Crippen molar-refractivity contribution in [2.45, 2.75) is 110 Å². The number of aliphatic hydroxyl groups is 1. The lowest BCUT2D eigenvalue weighted by Crippen LogP contribution is -2.56. The number of amides is 2. The zero-order valence-corrected chi connectivity index (χ0v) is 19.7. The summed E-state index contributed by atoms with van der Waals surface area (Å²) in [5, 5.41) is 17.0. The first-order valence-electron chi connectivity index (χ1n) is 12.2. The molecule has 0 aromatic carbocycles. The molecule has 3 aliphatic rings. The molecule has 1 saturated heterocycles. The summed E-state index contributed by atoms with van der Waals surface area (Å²) >= 11 is 0. The predicted molar refractivity (Wildman–Crippen MR) is 119 cm³/mol. The van der Waals surface area contributed by atoms with Crippen LogP contribution in [0.4, 0.5) is 0 Å². The van der Waals surface area contributed by atoms with Gasteiger partial charge in [0.15, 0.2) is 0 Å². The molecule has 5 atom stereocenters. The molecule has 0 spiro atoms. The van der Waals surface area contributed by atoms with Crippen molar-refractivity contribution in [2.75, 3.05) is 6.54 Å². The smallest absolute Gasteiger partial charge is 0.270 e. The van der Waals surface area contributed by atoms with E-state index in [1.165, 1.54) is 4.90 Å². The molecule has 176 valence electrons. The first-order valence-corrected chi connectivity index (χ1v) is 12.2. The maximum Gasteiger partial charge on any atom is 0.270 e. The Morgan fingerprint density at radius 1 is 1.13 bits per heavy atom. The third-order valence-corrected chi connectivity index (χ3v) is 6.86. The van der Waals surface area contributed by atoms with E-state index in [4.69, 9.17) is 0 Å². The SMILES string of the molecule is CCCCN(C(=O)C1NC2CCCCC2C1C(=O)CC(C)(C)C)C(O)C(=O)NC1CC1. The number of rotatable bonds is 9. The van der Waals surface area contributed by atoms with Gasteiger partial charge in [0.25, 0.3) is 5.91 Å². The second-order valence-corrected chi connectivity index (χ2v) is 11.0. The van der Waals surface area contributed by atoms with Crippen molar-refractivity contribution in [1.82, 2.24) is 15.5 Å². The standard InChI is InChI=1S/C24H41N3O4/c1-5-6-13-27(23(31)21(29)25-15-11-12-15)22(30)20-19(18(28)14-24(2,3)4)16-9-7-8-10-17(16)26-20/h15-17,19-20,23,26,31H,5-14H2,1-4H3,(H,25,29). The third-order valence-electron chi connectivity index (χ3n) is 6.86. The van der Waals surface area contributed by atoms with Gasteiger partial charge in [-0.15, -0.1) is 0 Å². The van der Waals surface area contributed by atoms with Crippen LogP contribution in [-0.4, -0.2) is 58.5 Å². The van der Waals surface area contributed by atoms with E-state index in [0.29, 0.717) is 19.4 Å². The van der Waals surface area contributed by atoms with Gasteiger partial charge in [-0.25, -0.2) is 0 Å². The molecule has 1 aliphatic heterocycles. The molecule has 3 fully saturated rings. The number of unbranched alkanes of at least 4 members (excludes halogenated alkanes) is 1. The summed E-state index contributed by atoms with van der Waals surface area (Å²) in [7, 11) is 0. The summed E-state index contributed by atoms with van der Waals surface area (Å²) in [6.07, 6.45) is 6.37. The summed E-state index contributed by atoms with van der Waals surface area (Å²) in [5.74, 6) is -0.934. The normalized spacial score (nSPS) is 29.2. The Kier molecular flexibility index (Phi) is 7.79. The quantitative estimate of drug-likeness (QED) is 0.483. The molecule has 3 rings (SSSR count). The van der Waals surface area contributed by atoms with Gasteiger partial charge in [-0.1, -0.05) is 47.0 Å². The van der Waals surface area contributed by atoms with Crippen LogP contribution in [0.25, 0.3) is 0 Å². The minimum absolute atomic E-state index is 0.110. The zero-order valence-electron chi connectivity index (χ0n) is 19.7. The number of nitrogens with one attached hydrogen (secondary N) is 2. The number of Topliss-reactive ketones (excluding diaryl/α,β-unsaturated/α-hetero) is 1. The Balaban J connectivity index is 1.82. The highest BCUT2D eigenvalue weighted by molar-refractivity contribution is 5.94. The lowest BCUT2D eigenvalue weighted by atomic mass is 9.73. The predicted octanol–water partition coefficient (Wildman–Crippen LogP) is 2.36. The Labute approximate surface area is 186 Å². The number of ketones is 1. The van der Waals surface area contributed by atoms with Crippen molar-refractivity contribution in [3.05, 3.63) is 0 Å². The van der Waals surface area contributed by atoms with Crippen LogP contribution in [0.5, 0.6) is 0 Å². The Bertz CT molecular complexity index is 670. The van der Waals surface area contributed by atoms with Gasteiger partial charge in [-0.3, -0.25) is 14.4 Å². The molecule has 7 nitrogen and oxygen atoms in total. The highest BCUT2D eigenvalue weighted by Gasteiger charge is 2.51. The molecule has 3 N–H and O–H groups in total. The molecular formula is C24H41N3O4. The monoisotopic (exact) mass is 435 g/mol. The second kappa shape index (κ2) is 9.99. The summed E-state index contributed by atoms with van der Waals surface area (Å²) < 4.78 is 0. The number of hydrogen-bond donors (Lipinski definition) is 3. The van der Waals surface area contributed by atoms with Gasteiger partial charge in [0.2, 0.25) is 12.1 Å². The van der Waals surface area contributed by atoms with Crippen molar-refractivity contribution in [2.24, 2.45) is 17.3 Å². The highest BCUT2D eigenvalue weighted by Crippen LogP contribution is 2.40. The number of aliphatic hydroxyl groups excluding tert-OH is 1. The van der Waals surface area contributed by atoms with E-state index < -0.39 is 18.2 Å². The first kappa shape index (κ1) is 24.2. The molecule has 0 bridgehead atoms. The zero-order chi connectivity index (χ0) is 22.8. The van der Waals surface area contributed by atoms with Crippen molar-refractivity contribution < 1.29 is 19.5 Å². The molecule has 0 aromatic heterocycles. The molecule has 1 heterocycles. The Hall–Kier alpha value is -1.47. The number of nitrogens with zero attached hydrogens (tertiary/aromatic N) is 1. The van der Waals surface area contributed by atoms with Gasteiger partial charge in [-0.2, -0.15) is 0 Å². The van der Waals surface area contributed by atoms with Gasteiger partial charge in [0.05, 0.1) is 6.04 Å². The molecule has 2 saturated carbocycles. The van der Waals surface area contributed by atoms with Gasteiger partial charge in [-0.05, 0) is 43.4 Å². The maximum atomic E-state index is 13.7. The molecule has 0 aromatic rings. The molecule has 2 aliphatic carbocycles. The fraction of sp³-hybridized carbons (Fsp3) is 0.875. The van der Waals surface area contributed by atoms with E-state index in [1.807, 2.05) is 27.7 Å². The van der Waals surface area contributed by atoms with Crippen molar-refractivity contribution in [3.63, 3.8) is 0 Å². The van der Waals surface area contributed by atoms with Crippen LogP contribution in [-0.2, 0) is 14.4 Å². The van der Waals surface area contributed by atoms with E-state index in [9.17, 15) is 19.5 Å². The number of carbonyl (C=O) groups is 3. The first-order chi connectivity index (χ1) is 14.6. The highest BCUT2D eigenvalue weighted by atomic mass is 16.3. The third kappa shape index (κ3) is 6.07. The van der Waals surface area contributed by atoms with Crippen LogP contribution in [0.2, 0.25) is 0 Å². The molecule has 7 heteroatoms. The summed E-state index contributed by atoms with van der Waals surface area (Å²) in [5.41, 5.74) is -0.150. The minimum Gasteiger partial charge on any atom is -0.365 e. The largest absolute Gasteiger partial charge is 0.365 e. The second-order valence-electron chi connectivity index (χ2n) is 11.0. The van der Waals surface area contributed by atoms with Gasteiger partial charge < -0.3 is 20.6 Å². The summed E-state index contributed by atoms with van der Waals surface area (Å²) in [6.45, 7) is 8.45. The summed E-state index contributed by atoms with van der Waals surface area (Å²) in [6, 6.07) is -0.399. The van der Waals surface area contributed by atoms with E-state index in [-0.39, 0.29) is 41.0 Å². The molecule has 31 heavy (non-hydrogen) atoms. The van der Waals surface area contributed by atoms with Crippen molar-refractivity contribution in [1.29, 1.82) is 0 Å². The fourth-order valence-corrected chi connectivity index (χ4v) is 5.17. The van der Waals surface area contributed by atoms with Crippen LogP contribution >= 0.6 is 0 Å². The number of hydrogen-bond acceptors (Lipinski definition) is 5. The van der Waals surface area contributed by atoms with E-state index >= 15 is 0 Å². The Morgan fingerprint density at radius 3 is 2.42 bits per heavy atom. The lowest BCUT2D eigenvalue weighted by Gasteiger charge is -2.33. The molecular weight excluding hydrogens is 394 g/mol. The maximum absolute atomic E-state index is 13.7. The van der Waals surface area contributed by atoms with Gasteiger partial charge >= 0.3 is 0 Å². The average molecular weight is 436 g/mol.